The molecule has 0 aliphatic carbocycles. The van der Waals surface area contributed by atoms with Gasteiger partial charge in [0, 0.05) is 30.5 Å². The lowest BCUT2D eigenvalue weighted by molar-refractivity contribution is 0.589. The summed E-state index contributed by atoms with van der Waals surface area (Å²) in [4.78, 5) is 23.4. The lowest BCUT2D eigenvalue weighted by atomic mass is 10.1. The van der Waals surface area contributed by atoms with Crippen molar-refractivity contribution in [1.82, 2.24) is 9.13 Å². The molecule has 1 N–H and O–H groups in total. The molecular formula is C16H14BrN3O4S. The van der Waals surface area contributed by atoms with E-state index in [1.807, 2.05) is 18.2 Å². The Kier molecular flexibility index (Phi) is 4.29. The van der Waals surface area contributed by atoms with Gasteiger partial charge in [-0.05, 0) is 29.0 Å². The summed E-state index contributed by atoms with van der Waals surface area (Å²) in [5.41, 5.74) is -1.15. The van der Waals surface area contributed by atoms with Crippen molar-refractivity contribution in [3.8, 4) is 0 Å². The van der Waals surface area contributed by atoms with E-state index < -0.39 is 26.2 Å². The molecule has 0 aliphatic rings. The van der Waals surface area contributed by atoms with E-state index in [2.05, 4.69) is 20.7 Å². The molecule has 1 aromatic heterocycles. The highest BCUT2D eigenvalue weighted by atomic mass is 79.9. The van der Waals surface area contributed by atoms with Gasteiger partial charge in [-0.2, -0.15) is 0 Å². The van der Waals surface area contributed by atoms with Crippen LogP contribution >= 0.6 is 15.9 Å². The molecule has 0 saturated heterocycles. The number of rotatable bonds is 3. The maximum Gasteiger partial charge on any atom is 0.330 e. The van der Waals surface area contributed by atoms with Gasteiger partial charge in [-0.15, -0.1) is 0 Å². The van der Waals surface area contributed by atoms with Gasteiger partial charge in [0.2, 0.25) is 0 Å². The van der Waals surface area contributed by atoms with E-state index in [4.69, 9.17) is 0 Å². The van der Waals surface area contributed by atoms with Crippen LogP contribution in [0.2, 0.25) is 0 Å². The van der Waals surface area contributed by atoms with Crippen LogP contribution < -0.4 is 16.0 Å². The SMILES string of the molecule is Cn1cc(S(=O)(=O)Nc2ccc3c(Br)cccc3c2)c(=O)n(C)c1=O. The quantitative estimate of drug-likeness (QED) is 0.695. The van der Waals surface area contributed by atoms with Crippen LogP contribution in [0.4, 0.5) is 5.69 Å². The van der Waals surface area contributed by atoms with Crippen LogP contribution in [0.3, 0.4) is 0 Å². The number of benzene rings is 2. The monoisotopic (exact) mass is 423 g/mol. The number of fused-ring (bicyclic) bond motifs is 1. The maximum atomic E-state index is 12.6. The van der Waals surface area contributed by atoms with Gasteiger partial charge in [0.15, 0.2) is 4.90 Å². The Morgan fingerprint density at radius 2 is 1.80 bits per heavy atom. The Morgan fingerprint density at radius 3 is 2.52 bits per heavy atom. The first kappa shape index (κ1) is 17.4. The predicted octanol–water partition coefficient (Wildman–Crippen LogP) is 1.80. The van der Waals surface area contributed by atoms with Gasteiger partial charge in [0.25, 0.3) is 15.6 Å². The van der Waals surface area contributed by atoms with Crippen molar-refractivity contribution in [2.45, 2.75) is 4.90 Å². The number of sulfonamides is 1. The molecule has 0 unspecified atom stereocenters. The molecular weight excluding hydrogens is 410 g/mol. The van der Waals surface area contributed by atoms with E-state index in [0.29, 0.717) is 5.69 Å². The van der Waals surface area contributed by atoms with Gasteiger partial charge in [0.05, 0.1) is 0 Å². The second-order valence-electron chi connectivity index (χ2n) is 5.53. The van der Waals surface area contributed by atoms with Crippen LogP contribution in [0.15, 0.2) is 61.6 Å². The number of hydrogen-bond donors (Lipinski definition) is 1. The minimum atomic E-state index is -4.14. The van der Waals surface area contributed by atoms with Crippen LogP contribution in [-0.2, 0) is 24.1 Å². The standard InChI is InChI=1S/C16H14BrN3O4S/c1-19-9-14(15(21)20(2)16(19)22)25(23,24)18-11-6-7-12-10(8-11)4-3-5-13(12)17/h3-9,18H,1-2H3. The largest absolute Gasteiger partial charge is 0.330 e. The molecule has 0 atom stereocenters. The summed E-state index contributed by atoms with van der Waals surface area (Å²) in [7, 11) is -1.52. The van der Waals surface area contributed by atoms with Gasteiger partial charge in [0.1, 0.15) is 0 Å². The molecule has 9 heteroatoms. The fourth-order valence-electron chi connectivity index (χ4n) is 2.48. The Balaban J connectivity index is 2.09. The number of aryl methyl sites for hydroxylation is 1. The highest BCUT2D eigenvalue weighted by molar-refractivity contribution is 9.10. The molecule has 0 amide bonds. The second kappa shape index (κ2) is 6.16. The van der Waals surface area contributed by atoms with E-state index in [0.717, 1.165) is 30.6 Å². The third-order valence-electron chi connectivity index (χ3n) is 3.78. The van der Waals surface area contributed by atoms with Crippen LogP contribution in [0.1, 0.15) is 0 Å². The molecule has 0 saturated carbocycles. The molecule has 7 nitrogen and oxygen atoms in total. The van der Waals surface area contributed by atoms with Crippen molar-refractivity contribution in [1.29, 1.82) is 0 Å². The Bertz CT molecular complexity index is 1210. The van der Waals surface area contributed by atoms with Gasteiger partial charge < -0.3 is 4.57 Å². The normalized spacial score (nSPS) is 11.6. The Labute approximate surface area is 151 Å². The summed E-state index contributed by atoms with van der Waals surface area (Å²) in [6.07, 6.45) is 1.02. The smallest absolute Gasteiger partial charge is 0.302 e. The first-order valence-corrected chi connectivity index (χ1v) is 9.46. The van der Waals surface area contributed by atoms with Crippen LogP contribution in [-0.4, -0.2) is 17.6 Å². The molecule has 0 fully saturated rings. The zero-order valence-electron chi connectivity index (χ0n) is 13.4. The van der Waals surface area contributed by atoms with Crippen molar-refractivity contribution < 1.29 is 8.42 Å². The zero-order chi connectivity index (χ0) is 18.4. The summed E-state index contributed by atoms with van der Waals surface area (Å²) >= 11 is 3.44. The van der Waals surface area contributed by atoms with E-state index in [1.165, 1.54) is 14.1 Å². The average Bonchev–Trinajstić information content (AvgIpc) is 2.56. The van der Waals surface area contributed by atoms with E-state index in [-0.39, 0.29) is 0 Å². The summed E-state index contributed by atoms with van der Waals surface area (Å²) in [6, 6.07) is 10.6. The van der Waals surface area contributed by atoms with Gasteiger partial charge >= 0.3 is 5.69 Å². The molecule has 0 bridgehead atoms. The topological polar surface area (TPSA) is 90.2 Å². The number of nitrogens with one attached hydrogen (secondary N) is 1. The number of halogens is 1. The third kappa shape index (κ3) is 3.12. The highest BCUT2D eigenvalue weighted by Crippen LogP contribution is 2.27. The molecule has 25 heavy (non-hydrogen) atoms. The van der Waals surface area contributed by atoms with E-state index in [9.17, 15) is 18.0 Å². The number of anilines is 1. The average molecular weight is 424 g/mol. The molecule has 3 rings (SSSR count). The molecule has 1 heterocycles. The minimum Gasteiger partial charge on any atom is -0.302 e. The number of nitrogens with zero attached hydrogens (tertiary/aromatic N) is 2. The zero-order valence-corrected chi connectivity index (χ0v) is 15.8. The van der Waals surface area contributed by atoms with E-state index >= 15 is 0 Å². The highest BCUT2D eigenvalue weighted by Gasteiger charge is 2.21. The fourth-order valence-corrected chi connectivity index (χ4v) is 4.20. The van der Waals surface area contributed by atoms with Crippen molar-refractivity contribution in [3.05, 3.63) is 67.9 Å². The molecule has 2 aromatic carbocycles. The summed E-state index contributed by atoms with van der Waals surface area (Å²) < 4.78 is 30.3. The van der Waals surface area contributed by atoms with Crippen LogP contribution in [0.5, 0.6) is 0 Å². The first-order valence-electron chi connectivity index (χ1n) is 7.18. The van der Waals surface area contributed by atoms with E-state index in [1.54, 1.807) is 18.2 Å². The van der Waals surface area contributed by atoms with Gasteiger partial charge in [-0.3, -0.25) is 14.1 Å². The lowest BCUT2D eigenvalue weighted by Crippen LogP contribution is -2.40. The predicted molar refractivity (Wildman–Crippen MR) is 99.4 cm³/mol. The van der Waals surface area contributed by atoms with Crippen molar-refractivity contribution >= 4 is 42.4 Å². The molecule has 0 radical (unpaired) electrons. The summed E-state index contributed by atoms with van der Waals surface area (Å²) in [5.74, 6) is 0. The Hall–Kier alpha value is -2.39. The van der Waals surface area contributed by atoms with Gasteiger partial charge in [-0.1, -0.05) is 34.1 Å². The fraction of sp³-hybridized carbons (Fsp3) is 0.125. The van der Waals surface area contributed by atoms with Crippen molar-refractivity contribution in [2.75, 3.05) is 4.72 Å². The van der Waals surface area contributed by atoms with Crippen molar-refractivity contribution in [3.63, 3.8) is 0 Å². The van der Waals surface area contributed by atoms with Crippen LogP contribution in [0, 0.1) is 0 Å². The number of aromatic nitrogens is 2. The molecule has 0 spiro atoms. The first-order chi connectivity index (χ1) is 11.7. The van der Waals surface area contributed by atoms with Crippen LogP contribution in [0.25, 0.3) is 10.8 Å². The minimum absolute atomic E-state index is 0.321. The van der Waals surface area contributed by atoms with Crippen molar-refractivity contribution in [2.24, 2.45) is 14.1 Å². The second-order valence-corrected chi connectivity index (χ2v) is 8.04. The Morgan fingerprint density at radius 1 is 1.08 bits per heavy atom. The third-order valence-corrected chi connectivity index (χ3v) is 5.84. The summed E-state index contributed by atoms with van der Waals surface area (Å²) in [6.45, 7) is 0. The molecule has 0 aliphatic heterocycles. The van der Waals surface area contributed by atoms with Gasteiger partial charge in [-0.25, -0.2) is 13.2 Å². The molecule has 130 valence electrons. The maximum absolute atomic E-state index is 12.6. The number of hydrogen-bond acceptors (Lipinski definition) is 4. The lowest BCUT2D eigenvalue weighted by Gasteiger charge is -2.11. The summed E-state index contributed by atoms with van der Waals surface area (Å²) in [5, 5.41) is 1.77. The molecule has 3 aromatic rings.